The van der Waals surface area contributed by atoms with Crippen LogP contribution in [0.4, 0.5) is 10.5 Å². The lowest BCUT2D eigenvalue weighted by Gasteiger charge is -2.10. The molecule has 7 nitrogen and oxygen atoms in total. The van der Waals surface area contributed by atoms with Crippen LogP contribution in [0, 0.1) is 0 Å². The molecule has 0 unspecified atom stereocenters. The lowest BCUT2D eigenvalue weighted by molar-refractivity contribution is 0.0696. The fraction of sp³-hybridized carbons (Fsp3) is 0.167. The van der Waals surface area contributed by atoms with Crippen molar-refractivity contribution >= 4 is 27.6 Å². The van der Waals surface area contributed by atoms with Gasteiger partial charge in [0.2, 0.25) is 0 Å². The highest BCUT2D eigenvalue weighted by molar-refractivity contribution is 7.90. The van der Waals surface area contributed by atoms with Gasteiger partial charge in [0.15, 0.2) is 9.84 Å². The largest absolute Gasteiger partial charge is 0.478 e. The summed E-state index contributed by atoms with van der Waals surface area (Å²) >= 11 is 0. The third kappa shape index (κ3) is 4.09. The fourth-order valence-corrected chi connectivity index (χ4v) is 2.21. The molecule has 0 bridgehead atoms. The maximum atomic E-state index is 11.6. The van der Waals surface area contributed by atoms with Crippen LogP contribution < -0.4 is 5.32 Å². The smallest absolute Gasteiger partial charge is 0.411 e. The van der Waals surface area contributed by atoms with Crippen LogP contribution in [-0.4, -0.2) is 38.4 Å². The number of carboxylic acids is 1. The molecule has 0 fully saturated rings. The first-order chi connectivity index (χ1) is 9.25. The number of amides is 1. The highest BCUT2D eigenvalue weighted by atomic mass is 32.2. The number of carboxylic acid groups (broad SMARTS) is 1. The number of ether oxygens (including phenoxy) is 1. The van der Waals surface area contributed by atoms with Gasteiger partial charge in [-0.2, -0.15) is 0 Å². The van der Waals surface area contributed by atoms with E-state index in [9.17, 15) is 18.0 Å². The summed E-state index contributed by atoms with van der Waals surface area (Å²) in [5.74, 6) is -1.27. The van der Waals surface area contributed by atoms with Gasteiger partial charge in [0.05, 0.1) is 16.1 Å². The summed E-state index contributed by atoms with van der Waals surface area (Å²) in [6.45, 7) is 3.33. The second-order valence-corrected chi connectivity index (χ2v) is 5.78. The molecule has 0 radical (unpaired) electrons. The minimum atomic E-state index is -3.71. The van der Waals surface area contributed by atoms with Gasteiger partial charge in [-0.3, -0.25) is 5.32 Å². The molecule has 1 aromatic rings. The van der Waals surface area contributed by atoms with E-state index in [4.69, 9.17) is 5.11 Å². The molecule has 0 aliphatic carbocycles. The molecule has 0 aliphatic rings. The Kier molecular flexibility index (Phi) is 4.87. The molecule has 0 aromatic heterocycles. The molecule has 1 aromatic carbocycles. The van der Waals surface area contributed by atoms with Gasteiger partial charge in [0.1, 0.15) is 6.61 Å². The van der Waals surface area contributed by atoms with E-state index in [0.717, 1.165) is 12.3 Å². The first-order valence-electron chi connectivity index (χ1n) is 5.37. The molecule has 0 aliphatic heterocycles. The molecule has 0 saturated heterocycles. The number of benzene rings is 1. The van der Waals surface area contributed by atoms with Crippen LogP contribution in [0.15, 0.2) is 35.7 Å². The summed E-state index contributed by atoms with van der Waals surface area (Å²) < 4.78 is 27.9. The maximum absolute atomic E-state index is 11.6. The number of carbonyl (C=O) groups excluding carboxylic acids is 1. The van der Waals surface area contributed by atoms with Crippen LogP contribution in [0.3, 0.4) is 0 Å². The molecule has 0 spiro atoms. The van der Waals surface area contributed by atoms with Crippen molar-refractivity contribution in [3.05, 3.63) is 36.4 Å². The van der Waals surface area contributed by atoms with Crippen LogP contribution in [0.25, 0.3) is 0 Å². The molecule has 2 N–H and O–H groups in total. The summed E-state index contributed by atoms with van der Waals surface area (Å²) in [4.78, 5) is 21.9. The molecular formula is C12H13NO6S. The lowest BCUT2D eigenvalue weighted by atomic mass is 10.2. The van der Waals surface area contributed by atoms with Gasteiger partial charge in [-0.05, 0) is 18.2 Å². The van der Waals surface area contributed by atoms with Crippen LogP contribution in [-0.2, 0) is 14.6 Å². The Bertz CT molecular complexity index is 650. The van der Waals surface area contributed by atoms with Gasteiger partial charge in [-0.15, -0.1) is 0 Å². The maximum Gasteiger partial charge on any atom is 0.411 e. The van der Waals surface area contributed by atoms with Crippen molar-refractivity contribution in [3.63, 3.8) is 0 Å². The van der Waals surface area contributed by atoms with Crippen LogP contribution in [0.1, 0.15) is 10.4 Å². The molecule has 0 saturated carbocycles. The Labute approximate surface area is 115 Å². The zero-order valence-corrected chi connectivity index (χ0v) is 11.4. The number of aromatic carboxylic acids is 1. The average Bonchev–Trinajstić information content (AvgIpc) is 2.35. The van der Waals surface area contributed by atoms with Crippen LogP contribution >= 0.6 is 0 Å². The third-order valence-corrected chi connectivity index (χ3v) is 3.33. The minimum absolute atomic E-state index is 0.0345. The first-order valence-corrected chi connectivity index (χ1v) is 7.27. The summed E-state index contributed by atoms with van der Waals surface area (Å²) in [6.07, 6.45) is 1.40. The van der Waals surface area contributed by atoms with Crippen molar-refractivity contribution in [3.8, 4) is 0 Å². The molecule has 1 amide bonds. The highest BCUT2D eigenvalue weighted by Crippen LogP contribution is 2.23. The Morgan fingerprint density at radius 1 is 1.45 bits per heavy atom. The molecule has 20 heavy (non-hydrogen) atoms. The van der Waals surface area contributed by atoms with E-state index < -0.39 is 21.9 Å². The molecule has 8 heteroatoms. The van der Waals surface area contributed by atoms with Gasteiger partial charge < -0.3 is 9.84 Å². The monoisotopic (exact) mass is 299 g/mol. The number of carbonyl (C=O) groups is 2. The van der Waals surface area contributed by atoms with Crippen molar-refractivity contribution in [1.82, 2.24) is 0 Å². The van der Waals surface area contributed by atoms with Crippen molar-refractivity contribution in [2.45, 2.75) is 4.90 Å². The van der Waals surface area contributed by atoms with E-state index in [-0.39, 0.29) is 22.8 Å². The molecule has 108 valence electrons. The van der Waals surface area contributed by atoms with Gasteiger partial charge in [0, 0.05) is 6.26 Å². The summed E-state index contributed by atoms with van der Waals surface area (Å²) in [6, 6.07) is 3.34. The predicted octanol–water partition coefficient (Wildman–Crippen LogP) is 1.52. The number of anilines is 1. The van der Waals surface area contributed by atoms with Crippen molar-refractivity contribution < 1.29 is 27.9 Å². The highest BCUT2D eigenvalue weighted by Gasteiger charge is 2.18. The summed E-state index contributed by atoms with van der Waals surface area (Å²) in [5.41, 5.74) is -0.248. The number of hydrogen-bond acceptors (Lipinski definition) is 5. The van der Waals surface area contributed by atoms with Crippen molar-refractivity contribution in [1.29, 1.82) is 0 Å². The number of rotatable bonds is 5. The topological polar surface area (TPSA) is 110 Å². The van der Waals surface area contributed by atoms with Gasteiger partial charge >= 0.3 is 12.1 Å². The standard InChI is InChI=1S/C12H13NO6S/c1-3-6-19-12(16)13-9-5-4-8(11(14)15)7-10(9)20(2,17)18/h3-5,7H,1,6H2,2H3,(H,13,16)(H,14,15). The minimum Gasteiger partial charge on any atom is -0.478 e. The van der Waals surface area contributed by atoms with E-state index in [0.29, 0.717) is 0 Å². The van der Waals surface area contributed by atoms with Crippen molar-refractivity contribution in [2.24, 2.45) is 0 Å². The summed E-state index contributed by atoms with van der Waals surface area (Å²) in [7, 11) is -3.71. The van der Waals surface area contributed by atoms with Gasteiger partial charge in [-0.25, -0.2) is 18.0 Å². The third-order valence-electron chi connectivity index (χ3n) is 2.20. The fourth-order valence-electron chi connectivity index (χ4n) is 1.35. The van der Waals surface area contributed by atoms with E-state index in [2.05, 4.69) is 16.6 Å². The number of hydrogen-bond donors (Lipinski definition) is 2. The second kappa shape index (κ2) is 6.20. The van der Waals surface area contributed by atoms with Gasteiger partial charge in [-0.1, -0.05) is 12.7 Å². The van der Waals surface area contributed by atoms with Gasteiger partial charge in [0.25, 0.3) is 0 Å². The molecule has 0 heterocycles. The first kappa shape index (κ1) is 15.7. The van der Waals surface area contributed by atoms with E-state index in [1.54, 1.807) is 0 Å². The Morgan fingerprint density at radius 2 is 2.10 bits per heavy atom. The molecule has 1 rings (SSSR count). The van der Waals surface area contributed by atoms with E-state index >= 15 is 0 Å². The number of nitrogens with one attached hydrogen (secondary N) is 1. The van der Waals surface area contributed by atoms with Crippen LogP contribution in [0.5, 0.6) is 0 Å². The Hall–Kier alpha value is -2.35. The van der Waals surface area contributed by atoms with E-state index in [1.807, 2.05) is 0 Å². The second-order valence-electron chi connectivity index (χ2n) is 3.80. The van der Waals surface area contributed by atoms with Crippen LogP contribution in [0.2, 0.25) is 0 Å². The Balaban J connectivity index is 3.16. The van der Waals surface area contributed by atoms with E-state index in [1.165, 1.54) is 18.2 Å². The quantitative estimate of drug-likeness (QED) is 0.798. The number of sulfone groups is 1. The molecule has 0 atom stereocenters. The zero-order chi connectivity index (χ0) is 15.3. The SMILES string of the molecule is C=CCOC(=O)Nc1ccc(C(=O)O)cc1S(C)(=O)=O. The lowest BCUT2D eigenvalue weighted by Crippen LogP contribution is -2.16. The van der Waals surface area contributed by atoms with Crippen molar-refractivity contribution in [2.75, 3.05) is 18.2 Å². The molecular weight excluding hydrogens is 286 g/mol. The normalized spacial score (nSPS) is 10.7. The average molecular weight is 299 g/mol. The predicted molar refractivity (Wildman–Crippen MR) is 71.7 cm³/mol. The Morgan fingerprint density at radius 3 is 2.60 bits per heavy atom. The zero-order valence-electron chi connectivity index (χ0n) is 10.6. The summed E-state index contributed by atoms with van der Waals surface area (Å²) in [5, 5.41) is 11.1.